The fourth-order valence-corrected chi connectivity index (χ4v) is 3.59. The van der Waals surface area contributed by atoms with Crippen LogP contribution in [0, 0.1) is 0 Å². The van der Waals surface area contributed by atoms with Gasteiger partial charge >= 0.3 is 0 Å². The van der Waals surface area contributed by atoms with Crippen molar-refractivity contribution < 1.29 is 0 Å². The van der Waals surface area contributed by atoms with E-state index in [4.69, 9.17) is 4.99 Å². The van der Waals surface area contributed by atoms with Crippen molar-refractivity contribution in [1.29, 1.82) is 0 Å². The minimum Gasteiger partial charge on any atom is -0.378 e. The predicted molar refractivity (Wildman–Crippen MR) is 123 cm³/mol. The average Bonchev–Trinajstić information content (AvgIpc) is 3.24. The van der Waals surface area contributed by atoms with Crippen molar-refractivity contribution >= 4 is 11.6 Å². The molecule has 2 aromatic carbocycles. The monoisotopic (exact) mass is 393 g/mol. The lowest BCUT2D eigenvalue weighted by atomic mass is 10.1. The van der Waals surface area contributed by atoms with Crippen LogP contribution in [0.25, 0.3) is 0 Å². The lowest BCUT2D eigenvalue weighted by Crippen LogP contribution is -2.36. The Morgan fingerprint density at radius 2 is 1.69 bits per heavy atom. The van der Waals surface area contributed by atoms with Gasteiger partial charge in [0.2, 0.25) is 0 Å². The van der Waals surface area contributed by atoms with E-state index in [1.54, 1.807) is 0 Å². The van der Waals surface area contributed by atoms with Gasteiger partial charge in [-0.3, -0.25) is 4.90 Å². The summed E-state index contributed by atoms with van der Waals surface area (Å²) in [7, 11) is 4.12. The number of aliphatic imine (C=N–C) groups is 1. The summed E-state index contributed by atoms with van der Waals surface area (Å²) in [5.74, 6) is 0.851. The van der Waals surface area contributed by atoms with Crippen LogP contribution in [0.3, 0.4) is 0 Å². The Morgan fingerprint density at radius 1 is 0.966 bits per heavy atom. The molecular formula is C24H35N5. The Kier molecular flexibility index (Phi) is 7.94. The molecule has 1 heterocycles. The van der Waals surface area contributed by atoms with Crippen LogP contribution in [-0.4, -0.2) is 44.6 Å². The van der Waals surface area contributed by atoms with Crippen molar-refractivity contribution in [2.24, 2.45) is 4.99 Å². The number of hydrogen-bond donors (Lipinski definition) is 2. The summed E-state index contributed by atoms with van der Waals surface area (Å²) in [5.41, 5.74) is 5.08. The molecule has 1 saturated heterocycles. The number of hydrogen-bond acceptors (Lipinski definition) is 3. The van der Waals surface area contributed by atoms with Gasteiger partial charge in [-0.2, -0.15) is 0 Å². The van der Waals surface area contributed by atoms with E-state index in [1.807, 2.05) is 0 Å². The zero-order chi connectivity index (χ0) is 20.5. The van der Waals surface area contributed by atoms with Gasteiger partial charge in [0, 0.05) is 39.4 Å². The molecule has 1 fully saturated rings. The molecule has 5 heteroatoms. The van der Waals surface area contributed by atoms with E-state index in [1.165, 1.54) is 48.3 Å². The molecule has 3 rings (SSSR count). The van der Waals surface area contributed by atoms with E-state index in [2.05, 4.69) is 90.0 Å². The molecule has 1 aliphatic heterocycles. The molecule has 0 aliphatic carbocycles. The van der Waals surface area contributed by atoms with Crippen LogP contribution in [0.15, 0.2) is 53.5 Å². The smallest absolute Gasteiger partial charge is 0.191 e. The molecule has 0 spiro atoms. The molecule has 2 N–H and O–H groups in total. The molecule has 0 saturated carbocycles. The molecule has 5 nitrogen and oxygen atoms in total. The Hall–Kier alpha value is -2.53. The molecule has 0 atom stereocenters. The summed E-state index contributed by atoms with van der Waals surface area (Å²) in [6.45, 7) is 7.92. The topological polar surface area (TPSA) is 42.9 Å². The highest BCUT2D eigenvalue weighted by Crippen LogP contribution is 2.15. The maximum atomic E-state index is 4.75. The van der Waals surface area contributed by atoms with E-state index in [9.17, 15) is 0 Å². The maximum Gasteiger partial charge on any atom is 0.191 e. The predicted octanol–water partition coefficient (Wildman–Crippen LogP) is 3.60. The normalized spacial score (nSPS) is 14.8. The zero-order valence-corrected chi connectivity index (χ0v) is 18.1. The van der Waals surface area contributed by atoms with Crippen LogP contribution in [0.5, 0.6) is 0 Å². The summed E-state index contributed by atoms with van der Waals surface area (Å²) < 4.78 is 0. The Morgan fingerprint density at radius 3 is 2.38 bits per heavy atom. The minimum atomic E-state index is 0.659. The van der Waals surface area contributed by atoms with Crippen LogP contribution in [-0.2, 0) is 19.6 Å². The largest absolute Gasteiger partial charge is 0.378 e. The summed E-state index contributed by atoms with van der Waals surface area (Å²) in [6, 6.07) is 17.5. The number of likely N-dealkylation sites (tertiary alicyclic amines) is 1. The second kappa shape index (κ2) is 10.9. The highest BCUT2D eigenvalue weighted by molar-refractivity contribution is 5.79. The fraction of sp³-hybridized carbons (Fsp3) is 0.458. The van der Waals surface area contributed by atoms with Gasteiger partial charge in [0.05, 0.1) is 6.54 Å². The number of guanidine groups is 1. The summed E-state index contributed by atoms with van der Waals surface area (Å²) in [5, 5.41) is 6.80. The number of nitrogens with zero attached hydrogens (tertiary/aromatic N) is 3. The second-order valence-electron chi connectivity index (χ2n) is 7.91. The molecule has 0 bridgehead atoms. The zero-order valence-electron chi connectivity index (χ0n) is 18.1. The standard InChI is InChI=1S/C24H35N5/c1-4-25-24(27-18-22-8-7-9-23(16-22)28(2)3)26-17-20-10-12-21(13-11-20)19-29-14-5-6-15-29/h7-13,16H,4-6,14-15,17-19H2,1-3H3,(H2,25,26,27). The van der Waals surface area contributed by atoms with Crippen LogP contribution < -0.4 is 15.5 Å². The van der Waals surface area contributed by atoms with E-state index < -0.39 is 0 Å². The summed E-state index contributed by atoms with van der Waals surface area (Å²) in [4.78, 5) is 9.41. The minimum absolute atomic E-state index is 0.659. The van der Waals surface area contributed by atoms with Gasteiger partial charge in [-0.25, -0.2) is 4.99 Å². The van der Waals surface area contributed by atoms with Crippen LogP contribution in [0.2, 0.25) is 0 Å². The summed E-state index contributed by atoms with van der Waals surface area (Å²) in [6.07, 6.45) is 2.68. The SMILES string of the molecule is CCNC(=NCc1cccc(N(C)C)c1)NCc1ccc(CN2CCCC2)cc1. The Labute approximate surface area is 175 Å². The number of benzene rings is 2. The highest BCUT2D eigenvalue weighted by Gasteiger charge is 2.11. The van der Waals surface area contributed by atoms with Gasteiger partial charge in [-0.1, -0.05) is 36.4 Å². The molecule has 0 amide bonds. The van der Waals surface area contributed by atoms with Crippen molar-refractivity contribution in [3.05, 3.63) is 65.2 Å². The van der Waals surface area contributed by atoms with Crippen LogP contribution in [0.4, 0.5) is 5.69 Å². The first-order valence-electron chi connectivity index (χ1n) is 10.7. The van der Waals surface area contributed by atoms with Crippen LogP contribution in [0.1, 0.15) is 36.5 Å². The van der Waals surface area contributed by atoms with Gasteiger partial charge in [0.1, 0.15) is 0 Å². The quantitative estimate of drug-likeness (QED) is 0.531. The molecule has 2 aromatic rings. The highest BCUT2D eigenvalue weighted by atomic mass is 15.2. The summed E-state index contributed by atoms with van der Waals surface area (Å²) >= 11 is 0. The lowest BCUT2D eigenvalue weighted by molar-refractivity contribution is 0.331. The van der Waals surface area contributed by atoms with E-state index in [0.717, 1.165) is 25.6 Å². The van der Waals surface area contributed by atoms with E-state index in [0.29, 0.717) is 6.54 Å². The Balaban J connectivity index is 1.54. The molecule has 0 radical (unpaired) electrons. The first-order valence-corrected chi connectivity index (χ1v) is 10.7. The Bertz CT molecular complexity index is 776. The number of anilines is 1. The third kappa shape index (κ3) is 6.79. The van der Waals surface area contributed by atoms with Crippen molar-refractivity contribution in [2.45, 2.75) is 39.4 Å². The van der Waals surface area contributed by atoms with Gasteiger partial charge in [0.25, 0.3) is 0 Å². The lowest BCUT2D eigenvalue weighted by Gasteiger charge is -2.15. The molecule has 0 aromatic heterocycles. The van der Waals surface area contributed by atoms with Crippen molar-refractivity contribution in [1.82, 2.24) is 15.5 Å². The van der Waals surface area contributed by atoms with Crippen molar-refractivity contribution in [2.75, 3.05) is 38.6 Å². The molecule has 0 unspecified atom stereocenters. The maximum absolute atomic E-state index is 4.75. The second-order valence-corrected chi connectivity index (χ2v) is 7.91. The third-order valence-corrected chi connectivity index (χ3v) is 5.28. The molecule has 156 valence electrons. The van der Waals surface area contributed by atoms with Gasteiger partial charge in [-0.15, -0.1) is 0 Å². The average molecular weight is 394 g/mol. The van der Waals surface area contributed by atoms with Crippen molar-refractivity contribution in [3.8, 4) is 0 Å². The number of rotatable bonds is 8. The first kappa shape index (κ1) is 21.2. The number of nitrogens with one attached hydrogen (secondary N) is 2. The fourth-order valence-electron chi connectivity index (χ4n) is 3.59. The van der Waals surface area contributed by atoms with Gasteiger partial charge < -0.3 is 15.5 Å². The van der Waals surface area contributed by atoms with Gasteiger partial charge in [-0.05, 0) is 61.7 Å². The van der Waals surface area contributed by atoms with E-state index >= 15 is 0 Å². The first-order chi connectivity index (χ1) is 14.1. The van der Waals surface area contributed by atoms with Crippen LogP contribution >= 0.6 is 0 Å². The molecular weight excluding hydrogens is 358 g/mol. The van der Waals surface area contributed by atoms with Gasteiger partial charge in [0.15, 0.2) is 5.96 Å². The molecule has 29 heavy (non-hydrogen) atoms. The molecule has 1 aliphatic rings. The van der Waals surface area contributed by atoms with Crippen molar-refractivity contribution in [3.63, 3.8) is 0 Å². The third-order valence-electron chi connectivity index (χ3n) is 5.28. The van der Waals surface area contributed by atoms with E-state index in [-0.39, 0.29) is 0 Å².